The normalized spacial score (nSPS) is 11.0. The second-order valence-electron chi connectivity index (χ2n) is 3.78. The van der Waals surface area contributed by atoms with Crippen LogP contribution in [0.1, 0.15) is 0 Å². The Morgan fingerprint density at radius 2 is 1.94 bits per heavy atom. The van der Waals surface area contributed by atoms with Gasteiger partial charge in [-0.05, 0) is 18.2 Å². The van der Waals surface area contributed by atoms with Crippen LogP contribution in [0.15, 0.2) is 35.3 Å². The molecule has 3 aromatic rings. The first-order valence-corrected chi connectivity index (χ1v) is 5.18. The molecule has 18 heavy (non-hydrogen) atoms. The average molecular weight is 247 g/mol. The Kier molecular flexibility index (Phi) is 2.22. The van der Waals surface area contributed by atoms with Gasteiger partial charge in [-0.15, -0.1) is 0 Å². The third kappa shape index (κ3) is 1.58. The van der Waals surface area contributed by atoms with Crippen molar-refractivity contribution in [2.24, 2.45) is 0 Å². The van der Waals surface area contributed by atoms with Gasteiger partial charge in [0, 0.05) is 17.8 Å². The molecule has 0 bridgehead atoms. The van der Waals surface area contributed by atoms with Gasteiger partial charge in [0.25, 0.3) is 0 Å². The van der Waals surface area contributed by atoms with Gasteiger partial charge in [-0.25, -0.2) is 13.8 Å². The molecular weight excluding hydrogens is 240 g/mol. The monoisotopic (exact) mass is 247 g/mol. The van der Waals surface area contributed by atoms with E-state index in [0.717, 1.165) is 6.07 Å². The molecule has 2 aromatic heterocycles. The molecule has 0 fully saturated rings. The summed E-state index contributed by atoms with van der Waals surface area (Å²) in [5.74, 6) is -1.56. The van der Waals surface area contributed by atoms with Gasteiger partial charge in [-0.1, -0.05) is 0 Å². The quantitative estimate of drug-likeness (QED) is 0.692. The largest absolute Gasteiger partial charge is 0.338 e. The number of nitrogens with one attached hydrogen (secondary N) is 2. The predicted octanol–water partition coefficient (Wildman–Crippen LogP) is 2.20. The van der Waals surface area contributed by atoms with Crippen LogP contribution in [0.4, 0.5) is 8.78 Å². The summed E-state index contributed by atoms with van der Waals surface area (Å²) in [5.41, 5.74) is 0.684. The standard InChI is InChI=1S/C12H7F2N3O/c13-7-2-3-8-11(10(7)14)17-12(16-8)6-1-4-9(18)15-5-6/h1-5H,(H,15,18)(H,16,17). The molecule has 0 spiro atoms. The number of H-pyrrole nitrogens is 2. The lowest BCUT2D eigenvalue weighted by atomic mass is 10.3. The first kappa shape index (κ1) is 10.6. The Morgan fingerprint density at radius 3 is 2.67 bits per heavy atom. The zero-order valence-electron chi connectivity index (χ0n) is 9.00. The number of nitrogens with zero attached hydrogens (tertiary/aromatic N) is 1. The van der Waals surface area contributed by atoms with Gasteiger partial charge in [-0.2, -0.15) is 0 Å². The third-order valence-corrected chi connectivity index (χ3v) is 2.60. The molecule has 1 aromatic carbocycles. The summed E-state index contributed by atoms with van der Waals surface area (Å²) in [6.45, 7) is 0. The van der Waals surface area contributed by atoms with Crippen LogP contribution in [-0.2, 0) is 0 Å². The van der Waals surface area contributed by atoms with Crippen LogP contribution >= 0.6 is 0 Å². The number of aromatic amines is 2. The van der Waals surface area contributed by atoms with Gasteiger partial charge >= 0.3 is 0 Å². The molecule has 2 N–H and O–H groups in total. The predicted molar refractivity (Wildman–Crippen MR) is 62.1 cm³/mol. The third-order valence-electron chi connectivity index (χ3n) is 2.60. The van der Waals surface area contributed by atoms with Crippen molar-refractivity contribution in [3.8, 4) is 11.4 Å². The molecule has 0 saturated carbocycles. The number of hydrogen-bond acceptors (Lipinski definition) is 2. The second kappa shape index (κ2) is 3.76. The second-order valence-corrected chi connectivity index (χ2v) is 3.78. The smallest absolute Gasteiger partial charge is 0.247 e. The zero-order chi connectivity index (χ0) is 12.7. The molecule has 0 aliphatic heterocycles. The van der Waals surface area contributed by atoms with Crippen molar-refractivity contribution in [2.45, 2.75) is 0 Å². The summed E-state index contributed by atoms with van der Waals surface area (Å²) in [6.07, 6.45) is 1.45. The minimum Gasteiger partial charge on any atom is -0.338 e. The maximum absolute atomic E-state index is 13.5. The Bertz CT molecular complexity index is 771. The van der Waals surface area contributed by atoms with Gasteiger partial charge in [0.15, 0.2) is 11.6 Å². The van der Waals surface area contributed by atoms with Gasteiger partial charge in [0.05, 0.1) is 5.52 Å². The van der Waals surface area contributed by atoms with Crippen LogP contribution in [0.3, 0.4) is 0 Å². The van der Waals surface area contributed by atoms with Crippen LogP contribution in [0.2, 0.25) is 0 Å². The molecule has 0 amide bonds. The fourth-order valence-electron chi connectivity index (χ4n) is 1.71. The fraction of sp³-hybridized carbons (Fsp3) is 0. The highest BCUT2D eigenvalue weighted by Crippen LogP contribution is 2.22. The van der Waals surface area contributed by atoms with Crippen molar-refractivity contribution >= 4 is 11.0 Å². The summed E-state index contributed by atoms with van der Waals surface area (Å²) in [7, 11) is 0. The summed E-state index contributed by atoms with van der Waals surface area (Å²) in [6, 6.07) is 5.33. The average Bonchev–Trinajstić information content (AvgIpc) is 2.80. The minimum atomic E-state index is -0.987. The van der Waals surface area contributed by atoms with Gasteiger partial charge < -0.3 is 9.97 Å². The molecule has 4 nitrogen and oxygen atoms in total. The van der Waals surface area contributed by atoms with E-state index in [-0.39, 0.29) is 11.1 Å². The van der Waals surface area contributed by atoms with Crippen LogP contribution in [-0.4, -0.2) is 15.0 Å². The molecule has 0 saturated heterocycles. The lowest BCUT2D eigenvalue weighted by Crippen LogP contribution is -2.01. The maximum atomic E-state index is 13.5. The van der Waals surface area contributed by atoms with E-state index >= 15 is 0 Å². The van der Waals surface area contributed by atoms with Crippen molar-refractivity contribution in [3.05, 3.63) is 52.5 Å². The number of pyridine rings is 1. The zero-order valence-corrected chi connectivity index (χ0v) is 9.00. The highest BCUT2D eigenvalue weighted by atomic mass is 19.2. The molecule has 0 radical (unpaired) electrons. The Morgan fingerprint density at radius 1 is 1.11 bits per heavy atom. The molecule has 6 heteroatoms. The summed E-state index contributed by atoms with van der Waals surface area (Å²) in [5, 5.41) is 0. The van der Waals surface area contributed by atoms with Crippen LogP contribution in [0.5, 0.6) is 0 Å². The van der Waals surface area contributed by atoms with Crippen LogP contribution in [0.25, 0.3) is 22.4 Å². The number of rotatable bonds is 1. The molecule has 3 rings (SSSR count). The molecule has 90 valence electrons. The number of imidazole rings is 1. The highest BCUT2D eigenvalue weighted by Gasteiger charge is 2.12. The van der Waals surface area contributed by atoms with Crippen molar-refractivity contribution in [3.63, 3.8) is 0 Å². The Hall–Kier alpha value is -2.50. The van der Waals surface area contributed by atoms with Crippen LogP contribution < -0.4 is 5.56 Å². The van der Waals surface area contributed by atoms with E-state index in [0.29, 0.717) is 16.9 Å². The van der Waals surface area contributed by atoms with Crippen molar-refractivity contribution in [2.75, 3.05) is 0 Å². The van der Waals surface area contributed by atoms with Gasteiger partial charge in [0.2, 0.25) is 5.56 Å². The minimum absolute atomic E-state index is 0.0591. The maximum Gasteiger partial charge on any atom is 0.247 e. The van der Waals surface area contributed by atoms with Crippen molar-refractivity contribution in [1.29, 1.82) is 0 Å². The number of halogens is 2. The number of benzene rings is 1. The molecule has 2 heterocycles. The van der Waals surface area contributed by atoms with E-state index in [9.17, 15) is 13.6 Å². The first-order chi connectivity index (χ1) is 8.65. The van der Waals surface area contributed by atoms with E-state index in [1.54, 1.807) is 6.07 Å². The van der Waals surface area contributed by atoms with Crippen molar-refractivity contribution < 1.29 is 8.78 Å². The molecule has 0 unspecified atom stereocenters. The topological polar surface area (TPSA) is 61.5 Å². The lowest BCUT2D eigenvalue weighted by molar-refractivity contribution is 0.515. The van der Waals surface area contributed by atoms with E-state index in [1.165, 1.54) is 18.3 Å². The summed E-state index contributed by atoms with van der Waals surface area (Å²) in [4.78, 5) is 20.3. The lowest BCUT2D eigenvalue weighted by Gasteiger charge is -1.93. The summed E-state index contributed by atoms with van der Waals surface area (Å²) < 4.78 is 26.5. The van der Waals surface area contributed by atoms with Gasteiger partial charge in [0.1, 0.15) is 11.3 Å². The van der Waals surface area contributed by atoms with E-state index < -0.39 is 11.6 Å². The molecule has 0 aliphatic carbocycles. The number of fused-ring (bicyclic) bond motifs is 1. The summed E-state index contributed by atoms with van der Waals surface area (Å²) >= 11 is 0. The van der Waals surface area contributed by atoms with Gasteiger partial charge in [-0.3, -0.25) is 4.79 Å². The first-order valence-electron chi connectivity index (χ1n) is 5.18. The van der Waals surface area contributed by atoms with E-state index in [2.05, 4.69) is 15.0 Å². The Balaban J connectivity index is 2.22. The van der Waals surface area contributed by atoms with Crippen LogP contribution in [0, 0.1) is 11.6 Å². The van der Waals surface area contributed by atoms with E-state index in [1.807, 2.05) is 0 Å². The molecule has 0 aliphatic rings. The Labute approximate surface area is 99.3 Å². The number of hydrogen-bond donors (Lipinski definition) is 2. The molecular formula is C12H7F2N3O. The molecule has 0 atom stereocenters. The number of aromatic nitrogens is 3. The highest BCUT2D eigenvalue weighted by molar-refractivity contribution is 5.79. The van der Waals surface area contributed by atoms with Crippen molar-refractivity contribution in [1.82, 2.24) is 15.0 Å². The fourth-order valence-corrected chi connectivity index (χ4v) is 1.71. The van der Waals surface area contributed by atoms with E-state index in [4.69, 9.17) is 0 Å². The SMILES string of the molecule is O=c1ccc(-c2nc3c(F)c(F)ccc3[nH]2)c[nH]1.